The molecule has 0 bridgehead atoms. The zero-order chi connectivity index (χ0) is 31.3. The molecule has 2 rings (SSSR count). The Kier molecular flexibility index (Phi) is 18.4. The number of hydrogen-bond donors (Lipinski definition) is 0. The molecule has 0 fully saturated rings. The predicted molar refractivity (Wildman–Crippen MR) is 191 cm³/mol. The second-order valence-corrected chi connectivity index (χ2v) is 15.9. The van der Waals surface area contributed by atoms with E-state index in [0.717, 1.165) is 43.6 Å². The van der Waals surface area contributed by atoms with Crippen LogP contribution < -0.4 is 9.05 Å². The van der Waals surface area contributed by atoms with Crippen LogP contribution in [-0.4, -0.2) is 10.7 Å². The molecule has 0 spiro atoms. The molecule has 0 N–H and O–H groups in total. The van der Waals surface area contributed by atoms with Gasteiger partial charge in [-0.05, 0) is 63.8 Å². The lowest BCUT2D eigenvalue weighted by molar-refractivity contribution is 0.360. The second-order valence-electron chi connectivity index (χ2n) is 13.2. The highest BCUT2D eigenvalue weighted by Crippen LogP contribution is 2.66. The number of unbranched alkanes of at least 4 members (excludes halogenated alkanes) is 13. The third-order valence-corrected chi connectivity index (χ3v) is 12.9. The average Bonchev–Trinajstić information content (AvgIpc) is 3.02. The van der Waals surface area contributed by atoms with Crippen molar-refractivity contribution in [3.05, 3.63) is 60.7 Å². The molecule has 3 nitrogen and oxygen atoms in total. The van der Waals surface area contributed by atoms with Gasteiger partial charge in [-0.25, -0.2) is 4.74 Å². The maximum atomic E-state index is 7.10. The number of nitrogens with zero attached hydrogens (tertiary/aromatic N) is 1. The number of hydrogen-bond acceptors (Lipinski definition) is 3. The van der Waals surface area contributed by atoms with Crippen LogP contribution in [0.5, 0.6) is 11.5 Å². The molecule has 0 aliphatic rings. The van der Waals surface area contributed by atoms with Gasteiger partial charge in [0.1, 0.15) is 11.5 Å². The van der Waals surface area contributed by atoms with Gasteiger partial charge in [0.2, 0.25) is 0 Å². The molecule has 244 valence electrons. The summed E-state index contributed by atoms with van der Waals surface area (Å²) in [6.45, 7) is 13.8. The Balaban J connectivity index is 2.12. The van der Waals surface area contributed by atoms with Crippen molar-refractivity contribution in [1.29, 1.82) is 0 Å². The van der Waals surface area contributed by atoms with Crippen LogP contribution in [0, 0.1) is 0 Å². The topological polar surface area (TPSA) is 30.8 Å². The van der Waals surface area contributed by atoms with E-state index < -0.39 is 7.51 Å². The fourth-order valence-corrected chi connectivity index (χ4v) is 9.35. The summed E-state index contributed by atoms with van der Waals surface area (Å²) in [4.78, 5) is 0. The minimum absolute atomic E-state index is 0.194. The highest BCUT2D eigenvalue weighted by Gasteiger charge is 2.47. The van der Waals surface area contributed by atoms with Crippen molar-refractivity contribution in [3.8, 4) is 11.5 Å². The maximum absolute atomic E-state index is 7.10. The molecule has 0 saturated heterocycles. The van der Waals surface area contributed by atoms with Crippen molar-refractivity contribution in [2.45, 2.75) is 174 Å². The Morgan fingerprint density at radius 2 is 0.930 bits per heavy atom. The van der Waals surface area contributed by atoms with Crippen LogP contribution in [0.4, 0.5) is 0 Å². The summed E-state index contributed by atoms with van der Waals surface area (Å²) in [6, 6.07) is 20.5. The van der Waals surface area contributed by atoms with E-state index >= 15 is 0 Å². The first kappa shape index (κ1) is 37.5. The second kappa shape index (κ2) is 21.1. The molecular formula is C39H66NO2P. The van der Waals surface area contributed by atoms with Crippen LogP contribution in [0.25, 0.3) is 0 Å². The molecule has 0 heterocycles. The molecule has 43 heavy (non-hydrogen) atoms. The fourth-order valence-electron chi connectivity index (χ4n) is 6.02. The van der Waals surface area contributed by atoms with Gasteiger partial charge in [-0.3, -0.25) is 0 Å². The van der Waals surface area contributed by atoms with Gasteiger partial charge in [-0.1, -0.05) is 160 Å². The van der Waals surface area contributed by atoms with E-state index in [-0.39, 0.29) is 10.7 Å². The summed E-state index contributed by atoms with van der Waals surface area (Å²) >= 11 is 0. The minimum atomic E-state index is -2.79. The van der Waals surface area contributed by atoms with Gasteiger partial charge in [0.05, 0.1) is 10.7 Å². The molecule has 2 aromatic carbocycles. The lowest BCUT2D eigenvalue weighted by atomic mass is 9.95. The zero-order valence-electron chi connectivity index (χ0n) is 28.9. The van der Waals surface area contributed by atoms with Crippen molar-refractivity contribution in [3.63, 3.8) is 0 Å². The molecule has 2 unspecified atom stereocenters. The Bertz CT molecular complexity index is 965. The van der Waals surface area contributed by atoms with E-state index in [1.165, 1.54) is 89.9 Å². The van der Waals surface area contributed by atoms with Crippen LogP contribution in [0.3, 0.4) is 0 Å². The Morgan fingerprint density at radius 3 is 1.30 bits per heavy atom. The summed E-state index contributed by atoms with van der Waals surface area (Å²) in [6.07, 6.45) is 24.3. The fraction of sp³-hybridized carbons (Fsp3) is 0.692. The highest BCUT2D eigenvalue weighted by molar-refractivity contribution is 7.59. The van der Waals surface area contributed by atoms with Gasteiger partial charge in [0, 0.05) is 0 Å². The van der Waals surface area contributed by atoms with Crippen LogP contribution in [0.1, 0.15) is 164 Å². The van der Waals surface area contributed by atoms with Crippen molar-refractivity contribution in [2.24, 2.45) is 4.74 Å². The first-order valence-corrected chi connectivity index (χ1v) is 19.6. The molecular weight excluding hydrogens is 545 g/mol. The Hall–Kier alpha value is -1.73. The molecule has 0 saturated carbocycles. The molecule has 0 amide bonds. The molecule has 2 atom stereocenters. The summed E-state index contributed by atoms with van der Waals surface area (Å²) in [5.74, 6) is 1.71. The van der Waals surface area contributed by atoms with E-state index in [1.807, 2.05) is 12.1 Å². The summed E-state index contributed by atoms with van der Waals surface area (Å²) in [5, 5.41) is -0.194. The van der Waals surface area contributed by atoms with E-state index in [9.17, 15) is 0 Å². The molecule has 0 aromatic heterocycles. The largest absolute Gasteiger partial charge is 0.430 e. The lowest BCUT2D eigenvalue weighted by Gasteiger charge is -2.42. The SMILES string of the molecule is CCCCCCCCCCCCCCCCC(C)(CC)P(=NC(C)(CC)CCC)(Oc1ccccc1)Oc1ccccc1. The van der Waals surface area contributed by atoms with Crippen molar-refractivity contribution in [2.75, 3.05) is 0 Å². The highest BCUT2D eigenvalue weighted by atomic mass is 31.2. The smallest absolute Gasteiger partial charge is 0.320 e. The number of rotatable bonds is 25. The van der Waals surface area contributed by atoms with Gasteiger partial charge in [-0.2, -0.15) is 0 Å². The third kappa shape index (κ3) is 13.4. The van der Waals surface area contributed by atoms with Crippen molar-refractivity contribution < 1.29 is 9.05 Å². The van der Waals surface area contributed by atoms with Crippen LogP contribution in [0.2, 0.25) is 0 Å². The maximum Gasteiger partial charge on any atom is 0.320 e. The van der Waals surface area contributed by atoms with E-state index in [0.29, 0.717) is 0 Å². The number of para-hydroxylation sites is 2. The van der Waals surface area contributed by atoms with Crippen molar-refractivity contribution in [1.82, 2.24) is 0 Å². The summed E-state index contributed by atoms with van der Waals surface area (Å²) in [5.41, 5.74) is -0.196. The van der Waals surface area contributed by atoms with Crippen LogP contribution in [0.15, 0.2) is 65.4 Å². The van der Waals surface area contributed by atoms with Gasteiger partial charge >= 0.3 is 7.51 Å². The van der Waals surface area contributed by atoms with Crippen LogP contribution in [-0.2, 0) is 0 Å². The summed E-state index contributed by atoms with van der Waals surface area (Å²) in [7, 11) is -2.79. The van der Waals surface area contributed by atoms with Crippen molar-refractivity contribution >= 4 is 7.51 Å². The lowest BCUT2D eigenvalue weighted by Crippen LogP contribution is -2.33. The number of benzene rings is 2. The third-order valence-electron chi connectivity index (χ3n) is 9.38. The molecule has 0 radical (unpaired) electrons. The monoisotopic (exact) mass is 611 g/mol. The Morgan fingerprint density at radius 1 is 0.512 bits per heavy atom. The van der Waals surface area contributed by atoms with E-state index in [1.54, 1.807) is 0 Å². The first-order valence-electron chi connectivity index (χ1n) is 18.0. The summed E-state index contributed by atoms with van der Waals surface area (Å²) < 4.78 is 19.9. The van der Waals surface area contributed by atoms with Gasteiger partial charge in [0.15, 0.2) is 0 Å². The predicted octanol–water partition coefficient (Wildman–Crippen LogP) is 14.2. The Labute approximate surface area is 267 Å². The molecule has 0 aliphatic carbocycles. The minimum Gasteiger partial charge on any atom is -0.430 e. The normalized spacial score (nSPS) is 14.6. The quantitative estimate of drug-likeness (QED) is 0.0826. The zero-order valence-corrected chi connectivity index (χ0v) is 29.8. The van der Waals surface area contributed by atoms with Gasteiger partial charge in [0.25, 0.3) is 0 Å². The van der Waals surface area contributed by atoms with E-state index in [2.05, 4.69) is 90.1 Å². The average molecular weight is 612 g/mol. The molecule has 4 heteroatoms. The van der Waals surface area contributed by atoms with Gasteiger partial charge in [-0.15, -0.1) is 0 Å². The molecule has 0 aliphatic heterocycles. The first-order chi connectivity index (χ1) is 20.9. The van der Waals surface area contributed by atoms with E-state index in [4.69, 9.17) is 13.8 Å². The van der Waals surface area contributed by atoms with Gasteiger partial charge < -0.3 is 9.05 Å². The standard InChI is InChI=1S/C39H66NO2P/c1-7-11-12-13-14-15-16-17-18-19-20-21-22-29-35-39(6,10-4)43(40-38(5,9-3)34-8-2,41-36-30-25-23-26-31-36)42-37-32-27-24-28-33-37/h23-28,30-33H,7-22,29,34-35H2,1-6H3. The van der Waals surface area contributed by atoms with Crippen LogP contribution >= 0.6 is 7.51 Å². The molecule has 2 aromatic rings.